The molecule has 0 unspecified atom stereocenters. The molecule has 1 spiro atoms. The third-order valence-electron chi connectivity index (χ3n) is 5.59. The number of rotatable bonds is 4. The van der Waals surface area contributed by atoms with Gasteiger partial charge in [-0.2, -0.15) is 0 Å². The van der Waals surface area contributed by atoms with Crippen LogP contribution in [0.25, 0.3) is 0 Å². The molecule has 0 aromatic heterocycles. The number of carbonyl (C=O) groups excluding carboxylic acids is 2. The van der Waals surface area contributed by atoms with Crippen molar-refractivity contribution in [3.05, 3.63) is 0 Å². The van der Waals surface area contributed by atoms with E-state index in [0.717, 1.165) is 51.9 Å². The zero-order chi connectivity index (χ0) is 16.4. The maximum atomic E-state index is 12.9. The minimum absolute atomic E-state index is 0.00602. The fourth-order valence-corrected chi connectivity index (χ4v) is 4.11. The van der Waals surface area contributed by atoms with Crippen molar-refractivity contribution in [3.8, 4) is 0 Å². The lowest BCUT2D eigenvalue weighted by atomic mass is 9.78. The van der Waals surface area contributed by atoms with Gasteiger partial charge in [0.2, 0.25) is 11.8 Å². The van der Waals surface area contributed by atoms with Crippen LogP contribution < -0.4 is 0 Å². The van der Waals surface area contributed by atoms with Crippen LogP contribution in [-0.2, 0) is 14.3 Å². The second kappa shape index (κ2) is 6.77. The van der Waals surface area contributed by atoms with Crippen LogP contribution in [0.4, 0.5) is 0 Å². The first-order valence-corrected chi connectivity index (χ1v) is 8.82. The molecule has 130 valence electrons. The molecule has 0 radical (unpaired) electrons. The molecule has 6 nitrogen and oxygen atoms in total. The van der Waals surface area contributed by atoms with Gasteiger partial charge >= 0.3 is 0 Å². The molecular weight excluding hydrogens is 294 g/mol. The van der Waals surface area contributed by atoms with Crippen molar-refractivity contribution in [2.75, 3.05) is 60.0 Å². The summed E-state index contributed by atoms with van der Waals surface area (Å²) in [7, 11) is 4.06. The number of hydrogen-bond acceptors (Lipinski definition) is 4. The maximum Gasteiger partial charge on any atom is 0.230 e. The molecule has 0 N–H and O–H groups in total. The first-order valence-electron chi connectivity index (χ1n) is 8.82. The Kier molecular flexibility index (Phi) is 4.92. The maximum absolute atomic E-state index is 12.9. The standard InChI is InChI=1S/C17H29N3O3/c1-18(2)9-10-19-8-6-17(16(19)22)5-3-7-20(13-17)15(21)14-4-11-23-12-14/h14H,3-13H2,1-2H3/t14-,17+/m1/s1. The van der Waals surface area contributed by atoms with Crippen LogP contribution in [0.1, 0.15) is 25.7 Å². The smallest absolute Gasteiger partial charge is 0.230 e. The van der Waals surface area contributed by atoms with Crippen LogP contribution >= 0.6 is 0 Å². The molecule has 2 atom stereocenters. The third kappa shape index (κ3) is 3.38. The first-order chi connectivity index (χ1) is 11.0. The fourth-order valence-electron chi connectivity index (χ4n) is 4.11. The Morgan fingerprint density at radius 2 is 2.17 bits per heavy atom. The minimum Gasteiger partial charge on any atom is -0.381 e. The topological polar surface area (TPSA) is 53.1 Å². The number of likely N-dealkylation sites (tertiary alicyclic amines) is 2. The Hall–Kier alpha value is -1.14. The highest BCUT2D eigenvalue weighted by Crippen LogP contribution is 2.40. The Bertz CT molecular complexity index is 462. The Morgan fingerprint density at radius 3 is 2.87 bits per heavy atom. The van der Waals surface area contributed by atoms with E-state index in [-0.39, 0.29) is 23.1 Å². The summed E-state index contributed by atoms with van der Waals surface area (Å²) in [6, 6.07) is 0. The summed E-state index contributed by atoms with van der Waals surface area (Å²) in [6.07, 6.45) is 3.58. The van der Waals surface area contributed by atoms with Crippen LogP contribution in [0.3, 0.4) is 0 Å². The van der Waals surface area contributed by atoms with Gasteiger partial charge in [0.1, 0.15) is 0 Å². The minimum atomic E-state index is -0.320. The summed E-state index contributed by atoms with van der Waals surface area (Å²) in [5, 5.41) is 0. The van der Waals surface area contributed by atoms with Crippen LogP contribution in [0.2, 0.25) is 0 Å². The molecule has 3 rings (SSSR count). The van der Waals surface area contributed by atoms with Crippen molar-refractivity contribution in [2.45, 2.75) is 25.7 Å². The Balaban J connectivity index is 1.63. The second-order valence-electron chi connectivity index (χ2n) is 7.55. The molecule has 6 heteroatoms. The van der Waals surface area contributed by atoms with Gasteiger partial charge in [0.05, 0.1) is 17.9 Å². The molecule has 3 saturated heterocycles. The molecule has 3 heterocycles. The van der Waals surface area contributed by atoms with E-state index in [1.54, 1.807) is 0 Å². The van der Waals surface area contributed by atoms with E-state index >= 15 is 0 Å². The zero-order valence-electron chi connectivity index (χ0n) is 14.4. The summed E-state index contributed by atoms with van der Waals surface area (Å²) in [4.78, 5) is 31.6. The molecule has 0 aliphatic carbocycles. The number of hydrogen-bond donors (Lipinski definition) is 0. The molecule has 3 aliphatic rings. The lowest BCUT2D eigenvalue weighted by Gasteiger charge is -2.40. The molecule has 3 aliphatic heterocycles. The van der Waals surface area contributed by atoms with Crippen molar-refractivity contribution in [2.24, 2.45) is 11.3 Å². The average molecular weight is 323 g/mol. The van der Waals surface area contributed by atoms with Gasteiger partial charge < -0.3 is 19.4 Å². The van der Waals surface area contributed by atoms with Gasteiger partial charge in [0.25, 0.3) is 0 Å². The van der Waals surface area contributed by atoms with Crippen LogP contribution in [-0.4, -0.2) is 86.5 Å². The number of likely N-dealkylation sites (N-methyl/N-ethyl adjacent to an activating group) is 1. The van der Waals surface area contributed by atoms with Crippen LogP contribution in [0.15, 0.2) is 0 Å². The number of nitrogens with zero attached hydrogens (tertiary/aromatic N) is 3. The Labute approximate surface area is 138 Å². The van der Waals surface area contributed by atoms with Crippen molar-refractivity contribution < 1.29 is 14.3 Å². The monoisotopic (exact) mass is 323 g/mol. The summed E-state index contributed by atoms with van der Waals surface area (Å²) in [5.41, 5.74) is -0.320. The molecule has 0 bridgehead atoms. The predicted octanol–water partition coefficient (Wildman–Crippen LogP) is 0.426. The van der Waals surface area contributed by atoms with Crippen molar-refractivity contribution >= 4 is 11.8 Å². The predicted molar refractivity (Wildman–Crippen MR) is 86.9 cm³/mol. The molecular formula is C17H29N3O3. The van der Waals surface area contributed by atoms with Gasteiger partial charge in [-0.15, -0.1) is 0 Å². The average Bonchev–Trinajstić information content (AvgIpc) is 3.16. The van der Waals surface area contributed by atoms with E-state index in [0.29, 0.717) is 19.8 Å². The van der Waals surface area contributed by atoms with Crippen LogP contribution in [0, 0.1) is 11.3 Å². The number of amides is 2. The lowest BCUT2D eigenvalue weighted by Crippen LogP contribution is -2.51. The highest BCUT2D eigenvalue weighted by Gasteiger charge is 2.49. The molecule has 3 fully saturated rings. The van der Waals surface area contributed by atoms with E-state index in [2.05, 4.69) is 4.90 Å². The third-order valence-corrected chi connectivity index (χ3v) is 5.59. The van der Waals surface area contributed by atoms with Gasteiger partial charge in [-0.3, -0.25) is 9.59 Å². The van der Waals surface area contributed by atoms with E-state index < -0.39 is 0 Å². The summed E-state index contributed by atoms with van der Waals surface area (Å²) < 4.78 is 5.35. The normalized spacial score (nSPS) is 31.6. The van der Waals surface area contributed by atoms with E-state index in [9.17, 15) is 9.59 Å². The highest BCUT2D eigenvalue weighted by molar-refractivity contribution is 5.87. The highest BCUT2D eigenvalue weighted by atomic mass is 16.5. The van der Waals surface area contributed by atoms with Gasteiger partial charge in [0, 0.05) is 39.3 Å². The lowest BCUT2D eigenvalue weighted by molar-refractivity contribution is -0.145. The molecule has 0 aromatic carbocycles. The first kappa shape index (κ1) is 16.7. The second-order valence-corrected chi connectivity index (χ2v) is 7.55. The largest absolute Gasteiger partial charge is 0.381 e. The van der Waals surface area contributed by atoms with Gasteiger partial charge in [-0.25, -0.2) is 0 Å². The molecule has 2 amide bonds. The zero-order valence-corrected chi connectivity index (χ0v) is 14.4. The van der Waals surface area contributed by atoms with E-state index in [1.165, 1.54) is 0 Å². The molecule has 0 saturated carbocycles. The van der Waals surface area contributed by atoms with Gasteiger partial charge in [0.15, 0.2) is 0 Å². The van der Waals surface area contributed by atoms with Gasteiger partial charge in [-0.1, -0.05) is 0 Å². The summed E-state index contributed by atoms with van der Waals surface area (Å²) in [6.45, 7) is 5.16. The van der Waals surface area contributed by atoms with Crippen molar-refractivity contribution in [1.82, 2.24) is 14.7 Å². The van der Waals surface area contributed by atoms with E-state index in [4.69, 9.17) is 4.74 Å². The van der Waals surface area contributed by atoms with Crippen LogP contribution in [0.5, 0.6) is 0 Å². The fraction of sp³-hybridized carbons (Fsp3) is 0.882. The SMILES string of the molecule is CN(C)CCN1CC[C@]2(CCCN(C(=O)[C@@H]3CCOC3)C2)C1=O. The van der Waals surface area contributed by atoms with Crippen molar-refractivity contribution in [1.29, 1.82) is 0 Å². The number of carbonyl (C=O) groups is 2. The van der Waals surface area contributed by atoms with Crippen molar-refractivity contribution in [3.63, 3.8) is 0 Å². The number of ether oxygens (including phenoxy) is 1. The number of piperidine rings is 1. The molecule has 0 aromatic rings. The van der Waals surface area contributed by atoms with E-state index in [1.807, 2.05) is 23.9 Å². The quantitative estimate of drug-likeness (QED) is 0.753. The summed E-state index contributed by atoms with van der Waals surface area (Å²) in [5.74, 6) is 0.465. The Morgan fingerprint density at radius 1 is 1.35 bits per heavy atom. The van der Waals surface area contributed by atoms with Gasteiger partial charge in [-0.05, 0) is 39.8 Å². The molecule has 23 heavy (non-hydrogen) atoms. The summed E-state index contributed by atoms with van der Waals surface area (Å²) >= 11 is 0.